The SMILES string of the molecule is COc1ccc(F)c(CN2C(=O)CSC2=O)c1-c1cc2c(cc1C)C(C)(C)CCC2(C)C. The Labute approximate surface area is 193 Å². The molecular formula is C26H30FNO3S. The van der Waals surface area contributed by atoms with Gasteiger partial charge < -0.3 is 4.74 Å². The van der Waals surface area contributed by atoms with Crippen molar-refractivity contribution in [3.8, 4) is 16.9 Å². The topological polar surface area (TPSA) is 46.6 Å². The number of fused-ring (bicyclic) bond motifs is 1. The van der Waals surface area contributed by atoms with Gasteiger partial charge in [0, 0.05) is 11.1 Å². The number of amides is 2. The second kappa shape index (κ2) is 7.91. The molecule has 1 saturated heterocycles. The number of hydrogen-bond acceptors (Lipinski definition) is 4. The van der Waals surface area contributed by atoms with Gasteiger partial charge >= 0.3 is 0 Å². The number of ether oxygens (including phenoxy) is 1. The Bertz CT molecular complexity index is 1110. The number of nitrogens with zero attached hydrogens (tertiary/aromatic N) is 1. The quantitative estimate of drug-likeness (QED) is 0.539. The number of halogens is 1. The van der Waals surface area contributed by atoms with E-state index in [4.69, 9.17) is 4.74 Å². The van der Waals surface area contributed by atoms with E-state index in [0.29, 0.717) is 16.9 Å². The van der Waals surface area contributed by atoms with Gasteiger partial charge in [-0.3, -0.25) is 14.5 Å². The zero-order chi connectivity index (χ0) is 23.4. The monoisotopic (exact) mass is 455 g/mol. The molecule has 2 aromatic carbocycles. The first-order chi connectivity index (χ1) is 15.0. The fraction of sp³-hybridized carbons (Fsp3) is 0.462. The number of hydrogen-bond donors (Lipinski definition) is 0. The molecule has 2 amide bonds. The molecule has 0 radical (unpaired) electrons. The summed E-state index contributed by atoms with van der Waals surface area (Å²) in [7, 11) is 1.56. The lowest BCUT2D eigenvalue weighted by atomic mass is 9.62. The van der Waals surface area contributed by atoms with E-state index in [-0.39, 0.29) is 34.3 Å². The summed E-state index contributed by atoms with van der Waals surface area (Å²) >= 11 is 0.955. The third-order valence-electron chi connectivity index (χ3n) is 7.06. The molecule has 1 aliphatic heterocycles. The van der Waals surface area contributed by atoms with Crippen LogP contribution in [0.2, 0.25) is 0 Å². The van der Waals surface area contributed by atoms with Gasteiger partial charge in [0.1, 0.15) is 11.6 Å². The molecule has 6 heteroatoms. The molecule has 4 rings (SSSR count). The van der Waals surface area contributed by atoms with Crippen LogP contribution in [-0.4, -0.2) is 28.9 Å². The van der Waals surface area contributed by atoms with E-state index in [0.717, 1.165) is 40.6 Å². The van der Waals surface area contributed by atoms with Crippen molar-refractivity contribution in [2.45, 2.75) is 64.8 Å². The Morgan fingerprint density at radius 3 is 2.25 bits per heavy atom. The van der Waals surface area contributed by atoms with Crippen LogP contribution in [0.15, 0.2) is 24.3 Å². The summed E-state index contributed by atoms with van der Waals surface area (Å²) < 4.78 is 20.8. The smallest absolute Gasteiger partial charge is 0.289 e. The minimum absolute atomic E-state index is 0.00838. The van der Waals surface area contributed by atoms with E-state index >= 15 is 4.39 Å². The van der Waals surface area contributed by atoms with Crippen LogP contribution in [0, 0.1) is 12.7 Å². The minimum atomic E-state index is -0.449. The fourth-order valence-electron chi connectivity index (χ4n) is 4.90. The molecule has 1 fully saturated rings. The van der Waals surface area contributed by atoms with Gasteiger partial charge in [-0.2, -0.15) is 0 Å². The van der Waals surface area contributed by atoms with Crippen LogP contribution in [0.3, 0.4) is 0 Å². The second-order valence-corrected chi connectivity index (χ2v) is 11.0. The third-order valence-corrected chi connectivity index (χ3v) is 7.92. The largest absolute Gasteiger partial charge is 0.496 e. The molecule has 0 unspecified atom stereocenters. The third kappa shape index (κ3) is 3.72. The van der Waals surface area contributed by atoms with E-state index in [1.54, 1.807) is 13.2 Å². The molecule has 170 valence electrons. The van der Waals surface area contributed by atoms with Gasteiger partial charge in [0.2, 0.25) is 5.91 Å². The molecular weight excluding hydrogens is 425 g/mol. The van der Waals surface area contributed by atoms with Crippen molar-refractivity contribution in [3.63, 3.8) is 0 Å². The Hall–Kier alpha value is -2.34. The van der Waals surface area contributed by atoms with Crippen molar-refractivity contribution < 1.29 is 18.7 Å². The number of methoxy groups -OCH3 is 1. The summed E-state index contributed by atoms with van der Waals surface area (Å²) in [5.41, 5.74) is 5.47. The average Bonchev–Trinajstić information content (AvgIpc) is 3.05. The number of carbonyl (C=O) groups is 2. The first-order valence-corrected chi connectivity index (χ1v) is 11.9. The standard InChI is InChI=1S/C26H30FNO3S/c1-15-11-18-19(26(4,5)10-9-25(18,2)3)12-16(15)23-17(20(27)7-8-21(23)31-6)13-28-22(29)14-32-24(28)30/h7-8,11-12H,9-10,13-14H2,1-6H3. The number of imide groups is 1. The maximum absolute atomic E-state index is 15.2. The van der Waals surface area contributed by atoms with E-state index in [1.165, 1.54) is 17.2 Å². The first-order valence-electron chi connectivity index (χ1n) is 10.9. The maximum Gasteiger partial charge on any atom is 0.289 e. The second-order valence-electron chi connectivity index (χ2n) is 10.1. The van der Waals surface area contributed by atoms with Gasteiger partial charge in [0.25, 0.3) is 5.24 Å². The summed E-state index contributed by atoms with van der Waals surface area (Å²) in [6, 6.07) is 7.36. The highest BCUT2D eigenvalue weighted by Crippen LogP contribution is 2.49. The van der Waals surface area contributed by atoms with Crippen LogP contribution < -0.4 is 4.74 Å². The Balaban J connectivity index is 1.95. The zero-order valence-corrected chi connectivity index (χ0v) is 20.4. The minimum Gasteiger partial charge on any atom is -0.496 e. The van der Waals surface area contributed by atoms with Crippen LogP contribution in [0.4, 0.5) is 9.18 Å². The van der Waals surface area contributed by atoms with Gasteiger partial charge in [-0.1, -0.05) is 45.5 Å². The lowest BCUT2D eigenvalue weighted by Crippen LogP contribution is -2.34. The molecule has 0 saturated carbocycles. The molecule has 1 aliphatic carbocycles. The Morgan fingerprint density at radius 2 is 1.69 bits per heavy atom. The molecule has 0 spiro atoms. The van der Waals surface area contributed by atoms with Crippen molar-refractivity contribution in [1.82, 2.24) is 4.90 Å². The number of carbonyl (C=O) groups excluding carboxylic acids is 2. The van der Waals surface area contributed by atoms with Crippen LogP contribution in [0.5, 0.6) is 5.75 Å². The fourth-order valence-corrected chi connectivity index (χ4v) is 5.63. The molecule has 32 heavy (non-hydrogen) atoms. The molecule has 0 aromatic heterocycles. The summed E-state index contributed by atoms with van der Waals surface area (Å²) in [5, 5.41) is -0.340. The Kier molecular flexibility index (Phi) is 5.64. The van der Waals surface area contributed by atoms with Gasteiger partial charge in [-0.25, -0.2) is 4.39 Å². The van der Waals surface area contributed by atoms with E-state index in [9.17, 15) is 9.59 Å². The maximum atomic E-state index is 15.2. The molecule has 0 atom stereocenters. The predicted molar refractivity (Wildman–Crippen MR) is 127 cm³/mol. The zero-order valence-electron chi connectivity index (χ0n) is 19.6. The van der Waals surface area contributed by atoms with Crippen LogP contribution in [-0.2, 0) is 22.2 Å². The van der Waals surface area contributed by atoms with Crippen molar-refractivity contribution in [3.05, 3.63) is 52.3 Å². The van der Waals surface area contributed by atoms with Crippen LogP contribution in [0.25, 0.3) is 11.1 Å². The number of aryl methyl sites for hydroxylation is 1. The summed E-state index contributed by atoms with van der Waals surface area (Å²) in [5.74, 6) is -0.113. The van der Waals surface area contributed by atoms with Crippen molar-refractivity contribution in [2.75, 3.05) is 12.9 Å². The Morgan fingerprint density at radius 1 is 1.06 bits per heavy atom. The van der Waals surface area contributed by atoms with Crippen molar-refractivity contribution in [2.24, 2.45) is 0 Å². The van der Waals surface area contributed by atoms with Crippen LogP contribution in [0.1, 0.15) is 62.8 Å². The molecule has 4 nitrogen and oxygen atoms in total. The lowest BCUT2D eigenvalue weighted by Gasteiger charge is -2.42. The lowest BCUT2D eigenvalue weighted by molar-refractivity contribution is -0.125. The molecule has 2 aromatic rings. The van der Waals surface area contributed by atoms with Gasteiger partial charge in [0.15, 0.2) is 0 Å². The van der Waals surface area contributed by atoms with Crippen LogP contribution >= 0.6 is 11.8 Å². The van der Waals surface area contributed by atoms with Gasteiger partial charge in [-0.05, 0) is 71.0 Å². The normalized spacial score (nSPS) is 19.3. The highest BCUT2D eigenvalue weighted by Gasteiger charge is 2.38. The number of benzene rings is 2. The summed E-state index contributed by atoms with van der Waals surface area (Å²) in [6.07, 6.45) is 2.17. The molecule has 2 aliphatic rings. The predicted octanol–water partition coefficient (Wildman–Crippen LogP) is 6.35. The van der Waals surface area contributed by atoms with Gasteiger partial charge in [0.05, 0.1) is 19.4 Å². The molecule has 0 bridgehead atoms. The van der Waals surface area contributed by atoms with E-state index < -0.39 is 5.82 Å². The highest BCUT2D eigenvalue weighted by molar-refractivity contribution is 8.14. The van der Waals surface area contributed by atoms with E-state index in [2.05, 4.69) is 39.8 Å². The van der Waals surface area contributed by atoms with Crippen molar-refractivity contribution in [1.29, 1.82) is 0 Å². The van der Waals surface area contributed by atoms with E-state index in [1.807, 2.05) is 6.92 Å². The summed E-state index contributed by atoms with van der Waals surface area (Å²) in [6.45, 7) is 11.0. The summed E-state index contributed by atoms with van der Waals surface area (Å²) in [4.78, 5) is 25.6. The first kappa shape index (κ1) is 22.8. The average molecular weight is 456 g/mol. The van der Waals surface area contributed by atoms with Crippen molar-refractivity contribution >= 4 is 22.9 Å². The molecule has 0 N–H and O–H groups in total. The number of rotatable bonds is 4. The highest BCUT2D eigenvalue weighted by atomic mass is 32.2. The number of thioether (sulfide) groups is 1. The molecule has 1 heterocycles. The van der Waals surface area contributed by atoms with Gasteiger partial charge in [-0.15, -0.1) is 0 Å².